The number of fused-ring (bicyclic) bond motifs is 2. The summed E-state index contributed by atoms with van der Waals surface area (Å²) in [5.74, 6) is 0.446. The molecule has 0 aliphatic carbocycles. The first-order valence-electron chi connectivity index (χ1n) is 7.68. The fourth-order valence-corrected chi connectivity index (χ4v) is 3.06. The van der Waals surface area contributed by atoms with Gasteiger partial charge in [-0.15, -0.1) is 0 Å². The minimum atomic E-state index is -0.115. The number of nitrogens with zero attached hydrogens (tertiary/aromatic N) is 5. The molecule has 122 valence electrons. The van der Waals surface area contributed by atoms with E-state index in [-0.39, 0.29) is 11.5 Å². The van der Waals surface area contributed by atoms with Gasteiger partial charge in [-0.1, -0.05) is 0 Å². The fourth-order valence-electron chi connectivity index (χ4n) is 3.06. The molecular formula is C16H16N6O2. The van der Waals surface area contributed by atoms with Gasteiger partial charge >= 0.3 is 0 Å². The molecule has 0 fully saturated rings. The zero-order chi connectivity index (χ0) is 16.8. The third kappa shape index (κ3) is 2.27. The Labute approximate surface area is 137 Å². The van der Waals surface area contributed by atoms with Crippen molar-refractivity contribution < 1.29 is 4.79 Å². The molecule has 0 saturated carbocycles. The number of amides is 1. The molecule has 1 aliphatic rings. The van der Waals surface area contributed by atoms with Crippen LogP contribution in [-0.4, -0.2) is 42.1 Å². The summed E-state index contributed by atoms with van der Waals surface area (Å²) in [7, 11) is 1.81. The summed E-state index contributed by atoms with van der Waals surface area (Å²) in [5, 5.41) is 4.14. The second kappa shape index (κ2) is 5.26. The average Bonchev–Trinajstić information content (AvgIpc) is 2.94. The van der Waals surface area contributed by atoms with Gasteiger partial charge in [-0.25, -0.2) is 4.98 Å². The third-order valence-electron chi connectivity index (χ3n) is 4.33. The summed E-state index contributed by atoms with van der Waals surface area (Å²) in [6.07, 6.45) is 3.74. The van der Waals surface area contributed by atoms with Crippen molar-refractivity contribution in [3.05, 3.63) is 51.5 Å². The highest BCUT2D eigenvalue weighted by atomic mass is 16.2. The number of carbonyl (C=O) groups is 1. The number of aromatic nitrogens is 5. The minimum absolute atomic E-state index is 0.109. The molecule has 0 aromatic carbocycles. The molecule has 8 heteroatoms. The Morgan fingerprint density at radius 2 is 2.17 bits per heavy atom. The number of hydrogen-bond acceptors (Lipinski definition) is 5. The lowest BCUT2D eigenvalue weighted by Gasteiger charge is -2.27. The van der Waals surface area contributed by atoms with E-state index in [0.29, 0.717) is 42.2 Å². The lowest BCUT2D eigenvalue weighted by molar-refractivity contribution is 0.0731. The highest BCUT2D eigenvalue weighted by molar-refractivity contribution is 5.96. The van der Waals surface area contributed by atoms with Crippen LogP contribution in [0.4, 0.5) is 0 Å². The predicted molar refractivity (Wildman–Crippen MR) is 86.5 cm³/mol. The molecule has 0 atom stereocenters. The Balaban J connectivity index is 1.67. The van der Waals surface area contributed by atoms with Crippen LogP contribution < -0.4 is 5.56 Å². The Morgan fingerprint density at radius 3 is 3.00 bits per heavy atom. The average molecular weight is 324 g/mol. The molecule has 4 rings (SSSR count). The van der Waals surface area contributed by atoms with Crippen LogP contribution in [0.1, 0.15) is 27.4 Å². The predicted octanol–water partition coefficient (Wildman–Crippen LogP) is 0.559. The molecule has 8 nitrogen and oxygen atoms in total. The van der Waals surface area contributed by atoms with Crippen LogP contribution in [0.15, 0.2) is 23.3 Å². The van der Waals surface area contributed by atoms with Crippen molar-refractivity contribution in [2.75, 3.05) is 6.54 Å². The summed E-state index contributed by atoms with van der Waals surface area (Å²) >= 11 is 0. The second-order valence-electron chi connectivity index (χ2n) is 5.95. The van der Waals surface area contributed by atoms with Crippen LogP contribution in [0.25, 0.3) is 11.0 Å². The largest absolute Gasteiger partial charge is 0.332 e. The van der Waals surface area contributed by atoms with Gasteiger partial charge < -0.3 is 9.88 Å². The van der Waals surface area contributed by atoms with E-state index in [1.165, 1.54) is 0 Å². The number of H-pyrrole nitrogens is 1. The van der Waals surface area contributed by atoms with E-state index in [2.05, 4.69) is 20.1 Å². The van der Waals surface area contributed by atoms with E-state index in [9.17, 15) is 9.59 Å². The molecule has 4 heterocycles. The summed E-state index contributed by atoms with van der Waals surface area (Å²) < 4.78 is 1.69. The minimum Gasteiger partial charge on any atom is -0.332 e. The summed E-state index contributed by atoms with van der Waals surface area (Å²) in [5.41, 5.74) is 3.31. The van der Waals surface area contributed by atoms with Crippen molar-refractivity contribution in [2.45, 2.75) is 19.9 Å². The van der Waals surface area contributed by atoms with E-state index in [1.807, 2.05) is 7.05 Å². The fraction of sp³-hybridized carbons (Fsp3) is 0.312. The zero-order valence-electron chi connectivity index (χ0n) is 13.4. The number of aromatic amines is 1. The van der Waals surface area contributed by atoms with Crippen molar-refractivity contribution in [1.29, 1.82) is 0 Å². The van der Waals surface area contributed by atoms with Crippen LogP contribution in [0.3, 0.4) is 0 Å². The van der Waals surface area contributed by atoms with Crippen molar-refractivity contribution in [2.24, 2.45) is 7.05 Å². The first-order valence-corrected chi connectivity index (χ1v) is 7.68. The molecule has 3 aromatic heterocycles. The second-order valence-corrected chi connectivity index (χ2v) is 5.95. The van der Waals surface area contributed by atoms with Gasteiger partial charge in [-0.2, -0.15) is 5.10 Å². The molecule has 0 unspecified atom stereocenters. The number of carbonyl (C=O) groups excluding carboxylic acids is 1. The molecule has 24 heavy (non-hydrogen) atoms. The van der Waals surface area contributed by atoms with Crippen molar-refractivity contribution >= 4 is 16.9 Å². The lowest BCUT2D eigenvalue weighted by atomic mass is 10.1. The molecule has 1 aliphatic heterocycles. The van der Waals surface area contributed by atoms with Gasteiger partial charge in [0, 0.05) is 25.4 Å². The Kier molecular flexibility index (Phi) is 3.19. The number of pyridine rings is 1. The number of aryl methyl sites for hydroxylation is 2. The SMILES string of the molecule is Cc1nc2c(c(=O)[nH]1)CCN(C(=O)c1cnc3cnn(C)c3c1)C2. The van der Waals surface area contributed by atoms with Crippen molar-refractivity contribution in [3.63, 3.8) is 0 Å². The molecular weight excluding hydrogens is 308 g/mol. The molecule has 0 radical (unpaired) electrons. The first kappa shape index (κ1) is 14.6. The summed E-state index contributed by atoms with van der Waals surface area (Å²) in [6, 6.07) is 1.80. The van der Waals surface area contributed by atoms with E-state index >= 15 is 0 Å². The molecule has 1 amide bonds. The quantitative estimate of drug-likeness (QED) is 0.705. The Hall–Kier alpha value is -3.03. The van der Waals surface area contributed by atoms with Crippen LogP contribution in [0.5, 0.6) is 0 Å². The maximum atomic E-state index is 12.8. The smallest absolute Gasteiger partial charge is 0.255 e. The Bertz CT molecular complexity index is 1020. The van der Waals surface area contributed by atoms with E-state index in [4.69, 9.17) is 0 Å². The van der Waals surface area contributed by atoms with Gasteiger partial charge in [-0.05, 0) is 19.4 Å². The van der Waals surface area contributed by atoms with Crippen LogP contribution in [-0.2, 0) is 20.0 Å². The standard InChI is InChI=1S/C16H16N6O2/c1-9-19-13-8-22(4-3-11(13)15(23)20-9)16(24)10-5-14-12(17-6-10)7-18-21(14)2/h5-7H,3-4,8H2,1-2H3,(H,19,20,23). The third-order valence-corrected chi connectivity index (χ3v) is 4.33. The topological polar surface area (TPSA) is 96.8 Å². The zero-order valence-corrected chi connectivity index (χ0v) is 13.4. The molecule has 1 N–H and O–H groups in total. The lowest BCUT2D eigenvalue weighted by Crippen LogP contribution is -2.39. The highest BCUT2D eigenvalue weighted by Crippen LogP contribution is 2.18. The molecule has 0 saturated heterocycles. The maximum absolute atomic E-state index is 12.8. The summed E-state index contributed by atoms with van der Waals surface area (Å²) in [4.78, 5) is 37.8. The highest BCUT2D eigenvalue weighted by Gasteiger charge is 2.25. The van der Waals surface area contributed by atoms with Gasteiger partial charge in [0.2, 0.25) is 0 Å². The molecule has 0 bridgehead atoms. The molecule has 0 spiro atoms. The van der Waals surface area contributed by atoms with Gasteiger partial charge in [0.05, 0.1) is 29.5 Å². The van der Waals surface area contributed by atoms with Crippen molar-refractivity contribution in [3.8, 4) is 0 Å². The van der Waals surface area contributed by atoms with E-state index in [1.54, 1.807) is 35.0 Å². The number of nitrogens with one attached hydrogen (secondary N) is 1. The summed E-state index contributed by atoms with van der Waals surface area (Å²) in [6.45, 7) is 2.56. The maximum Gasteiger partial charge on any atom is 0.255 e. The van der Waals surface area contributed by atoms with E-state index in [0.717, 1.165) is 11.0 Å². The van der Waals surface area contributed by atoms with Crippen LogP contribution in [0.2, 0.25) is 0 Å². The first-order chi connectivity index (χ1) is 11.5. The van der Waals surface area contributed by atoms with Gasteiger partial charge in [0.1, 0.15) is 11.3 Å². The van der Waals surface area contributed by atoms with Crippen LogP contribution in [0, 0.1) is 6.92 Å². The van der Waals surface area contributed by atoms with Gasteiger partial charge in [-0.3, -0.25) is 19.3 Å². The normalized spacial score (nSPS) is 14.0. The number of rotatable bonds is 1. The Morgan fingerprint density at radius 1 is 1.33 bits per heavy atom. The van der Waals surface area contributed by atoms with Crippen LogP contribution >= 0.6 is 0 Å². The van der Waals surface area contributed by atoms with Gasteiger partial charge in [0.25, 0.3) is 11.5 Å². The van der Waals surface area contributed by atoms with E-state index < -0.39 is 0 Å². The van der Waals surface area contributed by atoms with Gasteiger partial charge in [0.15, 0.2) is 0 Å². The van der Waals surface area contributed by atoms with Crippen molar-refractivity contribution in [1.82, 2.24) is 29.6 Å². The number of hydrogen-bond donors (Lipinski definition) is 1. The molecule has 3 aromatic rings. The monoisotopic (exact) mass is 324 g/mol.